The van der Waals surface area contributed by atoms with Crippen LogP contribution in [0.1, 0.15) is 5.56 Å². The monoisotopic (exact) mass is 295 g/mol. The minimum Gasteiger partial charge on any atom is -0.462 e. The largest absolute Gasteiger partial charge is 0.462 e. The summed E-state index contributed by atoms with van der Waals surface area (Å²) in [4.78, 5) is 6.58. The minimum atomic E-state index is 0.869. The van der Waals surface area contributed by atoms with Gasteiger partial charge < -0.3 is 15.0 Å². The van der Waals surface area contributed by atoms with Crippen molar-refractivity contribution in [1.82, 2.24) is 15.2 Å². The van der Waals surface area contributed by atoms with Crippen LogP contribution in [0.5, 0.6) is 5.75 Å². The van der Waals surface area contributed by atoms with E-state index in [1.165, 1.54) is 13.1 Å². The van der Waals surface area contributed by atoms with Gasteiger partial charge in [-0.2, -0.15) is 0 Å². The number of piperazine rings is 1. The van der Waals surface area contributed by atoms with Crippen LogP contribution >= 0.6 is 0 Å². The molecule has 114 valence electrons. The number of fused-ring (bicyclic) bond motifs is 2. The highest BCUT2D eigenvalue weighted by molar-refractivity contribution is 5.59. The Morgan fingerprint density at radius 1 is 1.09 bits per heavy atom. The van der Waals surface area contributed by atoms with Gasteiger partial charge in [0.25, 0.3) is 0 Å². The van der Waals surface area contributed by atoms with Crippen LogP contribution in [-0.2, 0) is 0 Å². The molecule has 1 fully saturated rings. The Bertz CT molecular complexity index is 736. The van der Waals surface area contributed by atoms with Crippen LogP contribution in [0.4, 0.5) is 0 Å². The van der Waals surface area contributed by atoms with Gasteiger partial charge in [-0.15, -0.1) is 0 Å². The lowest BCUT2D eigenvalue weighted by atomic mass is 10.1. The summed E-state index contributed by atoms with van der Waals surface area (Å²) in [5.41, 5.74) is 1.08. The van der Waals surface area contributed by atoms with Gasteiger partial charge in [0.05, 0.1) is 0 Å². The van der Waals surface area contributed by atoms with Gasteiger partial charge in [0.1, 0.15) is 17.4 Å². The standard InChI is InChI=1S/C13H9NO.C5H12N2/c1-2-6-13-11(4-1)8-10-5-3-7-14-12(10)9-15-13;1-7-4-2-6-3-5-7/h1-9H;6H,2-5H2,1H3. The Balaban J connectivity index is 0.000000174. The second-order valence-electron chi connectivity index (χ2n) is 5.45. The Kier molecular flexibility index (Phi) is 4.83. The molecule has 0 unspecified atom stereocenters. The maximum Gasteiger partial charge on any atom is 0.133 e. The van der Waals surface area contributed by atoms with E-state index >= 15 is 0 Å². The highest BCUT2D eigenvalue weighted by Gasteiger charge is 2.02. The third-order valence-electron chi connectivity index (χ3n) is 3.74. The molecule has 4 heteroatoms. The van der Waals surface area contributed by atoms with Crippen molar-refractivity contribution in [3.63, 3.8) is 0 Å². The fourth-order valence-corrected chi connectivity index (χ4v) is 2.42. The average molecular weight is 295 g/mol. The molecule has 0 radical (unpaired) electrons. The van der Waals surface area contributed by atoms with Crippen LogP contribution < -0.4 is 20.6 Å². The summed E-state index contributed by atoms with van der Waals surface area (Å²) in [6.07, 6.45) is 5.54. The van der Waals surface area contributed by atoms with E-state index in [4.69, 9.17) is 4.74 Å². The summed E-state index contributed by atoms with van der Waals surface area (Å²) in [5, 5.41) is 5.23. The number of pyridine rings is 1. The van der Waals surface area contributed by atoms with Crippen molar-refractivity contribution >= 4 is 12.3 Å². The number of benzene rings is 1. The maximum atomic E-state index is 5.56. The molecule has 0 saturated carbocycles. The Morgan fingerprint density at radius 2 is 1.91 bits per heavy atom. The molecule has 3 heterocycles. The topological polar surface area (TPSA) is 37.4 Å². The van der Waals surface area contributed by atoms with Crippen LogP contribution in [0.25, 0.3) is 12.3 Å². The van der Waals surface area contributed by atoms with Gasteiger partial charge in [0, 0.05) is 43.2 Å². The van der Waals surface area contributed by atoms with Crippen molar-refractivity contribution < 1.29 is 4.74 Å². The lowest BCUT2D eigenvalue weighted by molar-refractivity contribution is 0.291. The SMILES string of the molecule is C1=c2cccnc2=COc2ccccc21.CN1CCNCC1. The summed E-state index contributed by atoms with van der Waals surface area (Å²) >= 11 is 0. The van der Waals surface area contributed by atoms with Gasteiger partial charge >= 0.3 is 0 Å². The van der Waals surface area contributed by atoms with Crippen molar-refractivity contribution in [3.05, 3.63) is 58.7 Å². The molecule has 2 aromatic rings. The first kappa shape index (κ1) is 14.8. The minimum absolute atomic E-state index is 0.869. The van der Waals surface area contributed by atoms with Gasteiger partial charge in [0.15, 0.2) is 0 Å². The van der Waals surface area contributed by atoms with Crippen LogP contribution in [0.15, 0.2) is 42.6 Å². The van der Waals surface area contributed by atoms with Gasteiger partial charge in [-0.05, 0) is 25.3 Å². The third-order valence-corrected chi connectivity index (χ3v) is 3.74. The second kappa shape index (κ2) is 7.20. The van der Waals surface area contributed by atoms with Gasteiger partial charge in [-0.3, -0.25) is 4.98 Å². The lowest BCUT2D eigenvalue weighted by Gasteiger charge is -2.21. The van der Waals surface area contributed by atoms with Crippen molar-refractivity contribution in [2.24, 2.45) is 0 Å². The molecule has 0 aliphatic carbocycles. The molecule has 0 spiro atoms. The number of ether oxygens (including phenoxy) is 1. The molecule has 22 heavy (non-hydrogen) atoms. The van der Waals surface area contributed by atoms with Crippen LogP contribution in [0, 0.1) is 0 Å². The van der Waals surface area contributed by atoms with E-state index in [9.17, 15) is 0 Å². The summed E-state index contributed by atoms with van der Waals surface area (Å²) in [6, 6.07) is 11.9. The number of aromatic nitrogens is 1. The lowest BCUT2D eigenvalue weighted by Crippen LogP contribution is -2.40. The van der Waals surface area contributed by atoms with E-state index in [1.54, 1.807) is 12.5 Å². The van der Waals surface area contributed by atoms with E-state index in [-0.39, 0.29) is 0 Å². The zero-order valence-electron chi connectivity index (χ0n) is 12.8. The Hall–Kier alpha value is -2.17. The van der Waals surface area contributed by atoms with Gasteiger partial charge in [-0.25, -0.2) is 0 Å². The summed E-state index contributed by atoms with van der Waals surface area (Å²) in [7, 11) is 2.15. The molecule has 0 amide bonds. The molecule has 1 saturated heterocycles. The van der Waals surface area contributed by atoms with Crippen LogP contribution in [0.2, 0.25) is 0 Å². The molecule has 4 nitrogen and oxygen atoms in total. The predicted molar refractivity (Wildman–Crippen MR) is 89.0 cm³/mol. The highest BCUT2D eigenvalue weighted by Crippen LogP contribution is 2.19. The molecule has 2 aliphatic heterocycles. The third kappa shape index (κ3) is 3.72. The summed E-state index contributed by atoms with van der Waals surface area (Å²) < 4.78 is 5.56. The number of rotatable bonds is 0. The average Bonchev–Trinajstić information content (AvgIpc) is 2.75. The molecule has 0 bridgehead atoms. The smallest absolute Gasteiger partial charge is 0.133 e. The van der Waals surface area contributed by atoms with Gasteiger partial charge in [0.2, 0.25) is 0 Å². The molecule has 0 atom stereocenters. The first-order valence-corrected chi connectivity index (χ1v) is 7.61. The van der Waals surface area contributed by atoms with Crippen molar-refractivity contribution in [2.75, 3.05) is 33.2 Å². The molecular weight excluding hydrogens is 274 g/mol. The number of likely N-dealkylation sites (N-methyl/N-ethyl adjacent to an activating group) is 1. The van der Waals surface area contributed by atoms with Crippen LogP contribution in [-0.4, -0.2) is 43.1 Å². The highest BCUT2D eigenvalue weighted by atomic mass is 16.5. The van der Waals surface area contributed by atoms with Crippen molar-refractivity contribution in [1.29, 1.82) is 0 Å². The molecule has 1 aromatic heterocycles. The maximum absolute atomic E-state index is 5.56. The molecule has 4 rings (SSSR count). The van der Waals surface area contributed by atoms with Crippen molar-refractivity contribution in [2.45, 2.75) is 0 Å². The quantitative estimate of drug-likeness (QED) is 0.771. The number of hydrogen-bond donors (Lipinski definition) is 1. The van der Waals surface area contributed by atoms with E-state index in [0.29, 0.717) is 0 Å². The van der Waals surface area contributed by atoms with Crippen molar-refractivity contribution in [3.8, 4) is 5.75 Å². The summed E-state index contributed by atoms with van der Waals surface area (Å²) in [5.74, 6) is 0.871. The molecular formula is C18H21N3O. The number of para-hydroxylation sites is 1. The normalized spacial score (nSPS) is 16.4. The Morgan fingerprint density at radius 3 is 2.68 bits per heavy atom. The van der Waals surface area contributed by atoms with Gasteiger partial charge in [-0.1, -0.05) is 24.3 Å². The van der Waals surface area contributed by atoms with Crippen LogP contribution in [0.3, 0.4) is 0 Å². The van der Waals surface area contributed by atoms with E-state index in [2.05, 4.69) is 28.3 Å². The number of hydrogen-bond acceptors (Lipinski definition) is 4. The number of nitrogens with one attached hydrogen (secondary N) is 1. The van der Waals surface area contributed by atoms with E-state index in [0.717, 1.165) is 35.0 Å². The summed E-state index contributed by atoms with van der Waals surface area (Å²) in [6.45, 7) is 4.74. The fraction of sp³-hybridized carbons (Fsp3) is 0.278. The Labute approximate surface area is 130 Å². The van der Waals surface area contributed by atoms with E-state index in [1.807, 2.05) is 36.4 Å². The number of nitrogens with zero attached hydrogens (tertiary/aromatic N) is 2. The van der Waals surface area contributed by atoms with E-state index < -0.39 is 0 Å². The zero-order chi connectivity index (χ0) is 15.2. The second-order valence-corrected chi connectivity index (χ2v) is 5.45. The molecule has 1 N–H and O–H groups in total. The first-order valence-electron chi connectivity index (χ1n) is 7.61. The fourth-order valence-electron chi connectivity index (χ4n) is 2.42. The predicted octanol–water partition coefficient (Wildman–Crippen LogP) is 0.562. The molecule has 2 aliphatic rings. The molecule has 1 aromatic carbocycles. The first-order chi connectivity index (χ1) is 10.8. The zero-order valence-corrected chi connectivity index (χ0v) is 12.8.